The van der Waals surface area contributed by atoms with Crippen molar-refractivity contribution in [1.82, 2.24) is 9.97 Å². The van der Waals surface area contributed by atoms with Crippen LogP contribution in [0, 0.1) is 0 Å². The van der Waals surface area contributed by atoms with Crippen LogP contribution < -0.4 is 9.13 Å². The molecule has 0 aliphatic rings. The van der Waals surface area contributed by atoms with Gasteiger partial charge in [0.15, 0.2) is 0 Å². The molecule has 0 aliphatic carbocycles. The van der Waals surface area contributed by atoms with Gasteiger partial charge < -0.3 is 9.11 Å². The van der Waals surface area contributed by atoms with Crippen molar-refractivity contribution in [3.05, 3.63) is 50.6 Å². The zero-order chi connectivity index (χ0) is 14.7. The van der Waals surface area contributed by atoms with Crippen LogP contribution in [0.5, 0.6) is 0 Å². The Bertz CT molecular complexity index is 514. The van der Waals surface area contributed by atoms with Crippen molar-refractivity contribution in [1.29, 1.82) is 0 Å². The summed E-state index contributed by atoms with van der Waals surface area (Å²) >= 11 is 0. The Morgan fingerprint density at radius 1 is 0.947 bits per heavy atom. The Labute approximate surface area is 110 Å². The van der Waals surface area contributed by atoms with Gasteiger partial charge in [0.2, 0.25) is 12.7 Å². The van der Waals surface area contributed by atoms with Crippen LogP contribution in [0.3, 0.4) is 0 Å². The third kappa shape index (κ3) is 12.0. The highest BCUT2D eigenvalue weighted by molar-refractivity contribution is 7.79. The fourth-order valence-electron chi connectivity index (χ4n) is 0.830. The topological polar surface area (TPSA) is 120 Å². The van der Waals surface area contributed by atoms with Gasteiger partial charge in [-0.1, -0.05) is 13.2 Å². The molecule has 2 aromatic heterocycles. The van der Waals surface area contributed by atoms with Gasteiger partial charge in [-0.15, -0.1) is 0 Å². The molecule has 0 saturated carbocycles. The van der Waals surface area contributed by atoms with Gasteiger partial charge in [-0.2, -0.15) is 0 Å². The monoisotopic (exact) mass is 286 g/mol. The molecule has 0 saturated heterocycles. The molecule has 0 atom stereocenters. The summed E-state index contributed by atoms with van der Waals surface area (Å²) in [6.07, 6.45) is 14.5. The standard InChI is InChI=1S/2C5H6N2.H2O4S/c2*1-2-7-4-3-6-5-7;1-5(2,3)4/h2*2-5H,1H2;(H2,1,2,3,4). The second-order valence-corrected chi connectivity index (χ2v) is 3.71. The van der Waals surface area contributed by atoms with Gasteiger partial charge in [0.25, 0.3) is 0 Å². The third-order valence-electron chi connectivity index (χ3n) is 1.55. The van der Waals surface area contributed by atoms with Gasteiger partial charge in [-0.3, -0.25) is 8.42 Å². The summed E-state index contributed by atoms with van der Waals surface area (Å²) in [5.41, 5.74) is 0. The number of H-pyrrole nitrogens is 2. The van der Waals surface area contributed by atoms with Crippen molar-refractivity contribution in [2.24, 2.45) is 0 Å². The average molecular weight is 286 g/mol. The molecule has 2 N–H and O–H groups in total. The Hall–Kier alpha value is -2.23. The molecular formula is C10H14N4O4S. The normalized spacial score (nSPS) is 9.37. The van der Waals surface area contributed by atoms with E-state index in [0.29, 0.717) is 0 Å². The summed E-state index contributed by atoms with van der Waals surface area (Å²) in [6, 6.07) is 0. The van der Waals surface area contributed by atoms with Crippen molar-refractivity contribution in [3.63, 3.8) is 0 Å². The molecule has 2 aromatic rings. The summed E-state index contributed by atoms with van der Waals surface area (Å²) in [4.78, 5) is 5.74. The van der Waals surface area contributed by atoms with Gasteiger partial charge in [0.1, 0.15) is 24.8 Å². The summed E-state index contributed by atoms with van der Waals surface area (Å²) in [6.45, 7) is 7.09. The van der Waals surface area contributed by atoms with Crippen LogP contribution in [0.25, 0.3) is 12.4 Å². The van der Waals surface area contributed by atoms with E-state index in [4.69, 9.17) is 17.5 Å². The van der Waals surface area contributed by atoms with Crippen molar-refractivity contribution >= 4 is 22.8 Å². The molecule has 0 spiro atoms. The minimum Gasteiger partial charge on any atom is -0.759 e. The Balaban J connectivity index is 0.000000261. The van der Waals surface area contributed by atoms with Crippen molar-refractivity contribution < 1.29 is 26.7 Å². The Morgan fingerprint density at radius 3 is 1.37 bits per heavy atom. The highest BCUT2D eigenvalue weighted by atomic mass is 32.3. The molecule has 0 amide bonds. The maximum Gasteiger partial charge on any atom is 0.246 e. The minimum absolute atomic E-state index is 1.72. The number of aromatic nitrogens is 4. The lowest BCUT2D eigenvalue weighted by molar-refractivity contribution is -0.566. The maximum absolute atomic E-state index is 8.52. The number of rotatable bonds is 2. The molecule has 8 nitrogen and oxygen atoms in total. The smallest absolute Gasteiger partial charge is 0.246 e. The molecule has 0 fully saturated rings. The highest BCUT2D eigenvalue weighted by Gasteiger charge is 1.83. The molecule has 0 radical (unpaired) electrons. The summed E-state index contributed by atoms with van der Waals surface area (Å²) in [7, 11) is -5.17. The first-order valence-electron chi connectivity index (χ1n) is 4.85. The van der Waals surface area contributed by atoms with E-state index < -0.39 is 10.4 Å². The summed E-state index contributed by atoms with van der Waals surface area (Å²) in [5, 5.41) is 0. The summed E-state index contributed by atoms with van der Waals surface area (Å²) < 4.78 is 37.8. The van der Waals surface area contributed by atoms with Crippen LogP contribution in [0.2, 0.25) is 0 Å². The van der Waals surface area contributed by atoms with Crippen molar-refractivity contribution in [3.8, 4) is 0 Å². The fraction of sp³-hybridized carbons (Fsp3) is 0. The zero-order valence-electron chi connectivity index (χ0n) is 9.97. The molecule has 104 valence electrons. The molecule has 0 bridgehead atoms. The second kappa shape index (κ2) is 8.80. The first-order valence-corrected chi connectivity index (χ1v) is 6.19. The van der Waals surface area contributed by atoms with Gasteiger partial charge in [0.05, 0.1) is 12.4 Å². The predicted molar refractivity (Wildman–Crippen MR) is 65.2 cm³/mol. The number of hydrogen-bond donors (Lipinski definition) is 2. The predicted octanol–water partition coefficient (Wildman–Crippen LogP) is -0.533. The third-order valence-corrected chi connectivity index (χ3v) is 1.55. The van der Waals surface area contributed by atoms with E-state index in [0.717, 1.165) is 0 Å². The van der Waals surface area contributed by atoms with Gasteiger partial charge >= 0.3 is 0 Å². The van der Waals surface area contributed by atoms with Crippen LogP contribution in [-0.2, 0) is 10.4 Å². The first kappa shape index (κ1) is 16.8. The Kier molecular flexibility index (Phi) is 7.77. The van der Waals surface area contributed by atoms with Crippen LogP contribution >= 0.6 is 0 Å². The van der Waals surface area contributed by atoms with Crippen molar-refractivity contribution in [2.45, 2.75) is 0 Å². The van der Waals surface area contributed by atoms with Crippen LogP contribution in [0.4, 0.5) is 0 Å². The van der Waals surface area contributed by atoms with E-state index in [1.54, 1.807) is 12.4 Å². The van der Waals surface area contributed by atoms with Crippen LogP contribution in [0.1, 0.15) is 0 Å². The highest BCUT2D eigenvalue weighted by Crippen LogP contribution is 1.66. The molecule has 2 heterocycles. The van der Waals surface area contributed by atoms with E-state index in [1.165, 1.54) is 0 Å². The number of hydrogen-bond acceptors (Lipinski definition) is 4. The van der Waals surface area contributed by atoms with E-state index in [1.807, 2.05) is 46.6 Å². The Morgan fingerprint density at radius 2 is 1.26 bits per heavy atom. The minimum atomic E-state index is -5.17. The van der Waals surface area contributed by atoms with Gasteiger partial charge in [0, 0.05) is 10.4 Å². The van der Waals surface area contributed by atoms with Gasteiger partial charge in [-0.05, 0) is 0 Å². The lowest BCUT2D eigenvalue weighted by atomic mass is 10.9. The lowest BCUT2D eigenvalue weighted by Crippen LogP contribution is -2.19. The van der Waals surface area contributed by atoms with E-state index in [2.05, 4.69) is 23.1 Å². The quantitative estimate of drug-likeness (QED) is 0.438. The molecule has 0 aromatic carbocycles. The van der Waals surface area contributed by atoms with E-state index in [9.17, 15) is 0 Å². The van der Waals surface area contributed by atoms with Crippen LogP contribution in [-0.4, -0.2) is 27.5 Å². The molecule has 0 unspecified atom stereocenters. The molecule has 9 heteroatoms. The van der Waals surface area contributed by atoms with E-state index >= 15 is 0 Å². The number of aromatic amines is 2. The van der Waals surface area contributed by atoms with Gasteiger partial charge in [-0.25, -0.2) is 19.1 Å². The second-order valence-electron chi connectivity index (χ2n) is 2.89. The number of imidazole rings is 2. The SMILES string of the molecule is C=C[n+]1cc[nH]c1.C=C[n+]1cc[nH]c1.O=S(=O)([O-])[O-]. The van der Waals surface area contributed by atoms with Crippen molar-refractivity contribution in [2.75, 3.05) is 0 Å². The lowest BCUT2D eigenvalue weighted by Gasteiger charge is -2.06. The maximum atomic E-state index is 8.52. The zero-order valence-corrected chi connectivity index (χ0v) is 10.8. The number of nitrogens with zero attached hydrogens (tertiary/aromatic N) is 2. The average Bonchev–Trinajstić information content (AvgIpc) is 3.01. The number of nitrogens with one attached hydrogen (secondary N) is 2. The molecule has 19 heavy (non-hydrogen) atoms. The van der Waals surface area contributed by atoms with Crippen LogP contribution in [0.15, 0.2) is 50.6 Å². The molecule has 0 aliphatic heterocycles. The van der Waals surface area contributed by atoms with E-state index in [-0.39, 0.29) is 0 Å². The molecule has 2 rings (SSSR count). The summed E-state index contributed by atoms with van der Waals surface area (Å²) in [5.74, 6) is 0. The fourth-order valence-corrected chi connectivity index (χ4v) is 0.830. The molecular weight excluding hydrogens is 272 g/mol. The largest absolute Gasteiger partial charge is 0.759 e. The first-order chi connectivity index (χ1) is 8.86.